The van der Waals surface area contributed by atoms with E-state index in [1.54, 1.807) is 0 Å². The topological polar surface area (TPSA) is 41.1 Å². The Labute approximate surface area is 107 Å². The first-order chi connectivity index (χ1) is 8.22. The molecule has 0 aliphatic carbocycles. The fourth-order valence-electron chi connectivity index (χ4n) is 1.27. The van der Waals surface area contributed by atoms with Crippen LogP contribution >= 0.6 is 11.6 Å². The number of hydrogen-bond acceptors (Lipinski definition) is 2. The van der Waals surface area contributed by atoms with Crippen molar-refractivity contribution in [1.82, 2.24) is 10.6 Å². The molecule has 0 aliphatic rings. The summed E-state index contributed by atoms with van der Waals surface area (Å²) in [7, 11) is 0. The largest absolute Gasteiger partial charge is 0.351 e. The molecule has 0 spiro atoms. The normalized spacial score (nSPS) is 11.3. The molecular formula is C13H17ClN2O. The Morgan fingerprint density at radius 2 is 2.00 bits per heavy atom. The van der Waals surface area contributed by atoms with Gasteiger partial charge in [-0.05, 0) is 18.1 Å². The van der Waals surface area contributed by atoms with Gasteiger partial charge in [0.05, 0.1) is 6.54 Å². The molecular weight excluding hydrogens is 236 g/mol. The first-order valence-corrected chi connectivity index (χ1v) is 5.93. The molecule has 3 nitrogen and oxygen atoms in total. The smallest absolute Gasteiger partial charge is 0.234 e. The fraction of sp³-hybridized carbons (Fsp3) is 0.308. The third kappa shape index (κ3) is 6.09. The van der Waals surface area contributed by atoms with Crippen LogP contribution in [0.4, 0.5) is 0 Å². The summed E-state index contributed by atoms with van der Waals surface area (Å²) in [6, 6.07) is 9.82. The van der Waals surface area contributed by atoms with Gasteiger partial charge in [0.2, 0.25) is 5.91 Å². The number of hydrogen-bond donors (Lipinski definition) is 2. The highest BCUT2D eigenvalue weighted by Gasteiger charge is 2.00. The zero-order valence-electron chi connectivity index (χ0n) is 9.87. The molecule has 1 aromatic rings. The summed E-state index contributed by atoms with van der Waals surface area (Å²) in [4.78, 5) is 11.5. The maximum Gasteiger partial charge on any atom is 0.234 e. The molecule has 0 radical (unpaired) electrons. The minimum Gasteiger partial charge on any atom is -0.351 e. The molecule has 2 N–H and O–H groups in total. The second-order valence-electron chi connectivity index (χ2n) is 3.82. The predicted molar refractivity (Wildman–Crippen MR) is 70.8 cm³/mol. The van der Waals surface area contributed by atoms with Crippen LogP contribution in [0.25, 0.3) is 0 Å². The molecule has 0 saturated carbocycles. The first-order valence-electron chi connectivity index (χ1n) is 5.49. The molecule has 92 valence electrons. The summed E-state index contributed by atoms with van der Waals surface area (Å²) < 4.78 is 0. The van der Waals surface area contributed by atoms with Crippen molar-refractivity contribution in [3.8, 4) is 0 Å². The minimum absolute atomic E-state index is 0.0174. The lowest BCUT2D eigenvalue weighted by atomic mass is 10.2. The zero-order chi connectivity index (χ0) is 12.5. The summed E-state index contributed by atoms with van der Waals surface area (Å²) in [6.45, 7) is 3.39. The van der Waals surface area contributed by atoms with Gasteiger partial charge in [-0.1, -0.05) is 41.9 Å². The average molecular weight is 253 g/mol. The molecule has 0 aromatic heterocycles. The Hall–Kier alpha value is -1.32. The van der Waals surface area contributed by atoms with Crippen molar-refractivity contribution < 1.29 is 4.79 Å². The minimum atomic E-state index is -0.0174. The van der Waals surface area contributed by atoms with E-state index in [0.29, 0.717) is 19.6 Å². The van der Waals surface area contributed by atoms with Crippen LogP contribution < -0.4 is 10.6 Å². The van der Waals surface area contributed by atoms with E-state index >= 15 is 0 Å². The lowest BCUT2D eigenvalue weighted by molar-refractivity contribution is -0.120. The number of carbonyl (C=O) groups is 1. The van der Waals surface area contributed by atoms with Gasteiger partial charge in [-0.15, -0.1) is 0 Å². The predicted octanol–water partition coefficient (Wildman–Crippen LogP) is 2.04. The highest BCUT2D eigenvalue weighted by atomic mass is 35.5. The van der Waals surface area contributed by atoms with Gasteiger partial charge in [0, 0.05) is 18.6 Å². The summed E-state index contributed by atoms with van der Waals surface area (Å²) in [5, 5.41) is 5.84. The molecule has 1 rings (SSSR count). The molecule has 17 heavy (non-hydrogen) atoms. The second-order valence-corrected chi connectivity index (χ2v) is 4.04. The third-order valence-electron chi connectivity index (χ3n) is 2.21. The summed E-state index contributed by atoms with van der Waals surface area (Å²) >= 11 is 5.51. The van der Waals surface area contributed by atoms with Crippen LogP contribution in [-0.2, 0) is 11.3 Å². The molecule has 0 atom stereocenters. The quantitative estimate of drug-likeness (QED) is 0.814. The molecule has 1 amide bonds. The van der Waals surface area contributed by atoms with E-state index in [0.717, 1.165) is 11.1 Å². The van der Waals surface area contributed by atoms with Gasteiger partial charge in [0.25, 0.3) is 0 Å². The van der Waals surface area contributed by atoms with E-state index in [4.69, 9.17) is 11.6 Å². The van der Waals surface area contributed by atoms with Gasteiger partial charge in [-0.3, -0.25) is 4.79 Å². The Bertz CT molecular complexity index is 376. The van der Waals surface area contributed by atoms with Crippen molar-refractivity contribution in [2.24, 2.45) is 0 Å². The maximum absolute atomic E-state index is 11.5. The number of amides is 1. The fourth-order valence-corrected chi connectivity index (χ4v) is 1.35. The lowest BCUT2D eigenvalue weighted by Gasteiger charge is -2.06. The number of nitrogens with one attached hydrogen (secondary N) is 2. The average Bonchev–Trinajstić information content (AvgIpc) is 2.37. The van der Waals surface area contributed by atoms with E-state index in [1.165, 1.54) is 5.54 Å². The Morgan fingerprint density at radius 1 is 1.29 bits per heavy atom. The van der Waals surface area contributed by atoms with E-state index in [9.17, 15) is 4.79 Å². The van der Waals surface area contributed by atoms with Gasteiger partial charge < -0.3 is 10.6 Å². The molecule has 4 heteroatoms. The van der Waals surface area contributed by atoms with Gasteiger partial charge >= 0.3 is 0 Å². The van der Waals surface area contributed by atoms with Gasteiger partial charge in [0.15, 0.2) is 0 Å². The van der Waals surface area contributed by atoms with Crippen molar-refractivity contribution in [1.29, 1.82) is 0 Å². The Kier molecular flexibility index (Phi) is 6.37. The number of halogens is 1. The number of carbonyl (C=O) groups excluding carboxylic acids is 1. The second kappa shape index (κ2) is 7.87. The molecule has 0 unspecified atom stereocenters. The molecule has 0 saturated heterocycles. The number of rotatable bonds is 6. The van der Waals surface area contributed by atoms with Crippen LogP contribution in [0.5, 0.6) is 0 Å². The maximum atomic E-state index is 11.5. The zero-order valence-corrected chi connectivity index (χ0v) is 10.6. The van der Waals surface area contributed by atoms with Crippen LogP contribution in [0.1, 0.15) is 12.5 Å². The lowest BCUT2D eigenvalue weighted by Crippen LogP contribution is -2.34. The Balaban J connectivity index is 2.18. The van der Waals surface area contributed by atoms with Crippen molar-refractivity contribution in [2.75, 3.05) is 13.1 Å². The van der Waals surface area contributed by atoms with E-state index in [-0.39, 0.29) is 5.91 Å². The highest BCUT2D eigenvalue weighted by Crippen LogP contribution is 1.96. The summed E-state index contributed by atoms with van der Waals surface area (Å²) in [5.74, 6) is -0.0174. The highest BCUT2D eigenvalue weighted by molar-refractivity contribution is 6.25. The molecule has 0 bridgehead atoms. The van der Waals surface area contributed by atoms with Crippen molar-refractivity contribution >= 4 is 17.5 Å². The van der Waals surface area contributed by atoms with Crippen LogP contribution in [0.3, 0.4) is 0 Å². The molecule has 1 aromatic carbocycles. The summed E-state index contributed by atoms with van der Waals surface area (Å²) in [5.41, 5.74) is 3.61. The van der Waals surface area contributed by atoms with Crippen LogP contribution in [0, 0.1) is 0 Å². The molecule has 0 heterocycles. The van der Waals surface area contributed by atoms with Crippen LogP contribution in [0.2, 0.25) is 0 Å². The first kappa shape index (κ1) is 13.7. The Morgan fingerprint density at radius 3 is 2.65 bits per heavy atom. The SMILES string of the molecule is C/C(=C/Cl)CNCC(=O)NCc1ccccc1. The van der Waals surface area contributed by atoms with Gasteiger partial charge in [0.1, 0.15) is 0 Å². The van der Waals surface area contributed by atoms with E-state index < -0.39 is 0 Å². The van der Waals surface area contributed by atoms with Gasteiger partial charge in [-0.2, -0.15) is 0 Å². The van der Waals surface area contributed by atoms with Crippen molar-refractivity contribution in [3.63, 3.8) is 0 Å². The standard InChI is InChI=1S/C13H17ClN2O/c1-11(7-14)8-15-10-13(17)16-9-12-5-3-2-4-6-12/h2-7,15H,8-10H2,1H3,(H,16,17)/b11-7-. The van der Waals surface area contributed by atoms with Crippen molar-refractivity contribution in [2.45, 2.75) is 13.5 Å². The van der Waals surface area contributed by atoms with E-state index in [1.807, 2.05) is 37.3 Å². The van der Waals surface area contributed by atoms with Crippen LogP contribution in [0.15, 0.2) is 41.4 Å². The molecule has 0 fully saturated rings. The third-order valence-corrected chi connectivity index (χ3v) is 2.58. The van der Waals surface area contributed by atoms with Crippen molar-refractivity contribution in [3.05, 3.63) is 47.0 Å². The van der Waals surface area contributed by atoms with E-state index in [2.05, 4.69) is 10.6 Å². The summed E-state index contributed by atoms with van der Waals surface area (Å²) in [6.07, 6.45) is 0. The van der Waals surface area contributed by atoms with Crippen LogP contribution in [-0.4, -0.2) is 19.0 Å². The van der Waals surface area contributed by atoms with Gasteiger partial charge in [-0.25, -0.2) is 0 Å². The number of benzene rings is 1. The molecule has 0 aliphatic heterocycles. The monoisotopic (exact) mass is 252 g/mol.